The van der Waals surface area contributed by atoms with Crippen molar-refractivity contribution in [2.45, 2.75) is 19.9 Å². The predicted octanol–water partition coefficient (Wildman–Crippen LogP) is 4.29. The van der Waals surface area contributed by atoms with E-state index in [-0.39, 0.29) is 11.9 Å². The fourth-order valence-corrected chi connectivity index (χ4v) is 2.52. The van der Waals surface area contributed by atoms with Gasteiger partial charge in [-0.05, 0) is 44.2 Å². The molecule has 0 bridgehead atoms. The molecule has 0 radical (unpaired) electrons. The molecule has 0 unspecified atom stereocenters. The van der Waals surface area contributed by atoms with E-state index in [0.717, 1.165) is 5.52 Å². The first-order chi connectivity index (χ1) is 10.1. The summed E-state index contributed by atoms with van der Waals surface area (Å²) in [5.41, 5.74) is 2.64. The van der Waals surface area contributed by atoms with E-state index in [1.165, 1.54) is 6.07 Å². The molecule has 0 N–H and O–H groups in total. The quantitative estimate of drug-likeness (QED) is 0.702. The van der Waals surface area contributed by atoms with Crippen molar-refractivity contribution in [1.29, 1.82) is 5.26 Å². The Labute approximate surface area is 122 Å². The molecule has 0 spiro atoms. The van der Waals surface area contributed by atoms with Gasteiger partial charge in [0.25, 0.3) is 0 Å². The summed E-state index contributed by atoms with van der Waals surface area (Å²) in [5.74, 6) is 0.295. The van der Waals surface area contributed by atoms with Gasteiger partial charge in [-0.1, -0.05) is 12.1 Å². The Morgan fingerprint density at radius 1 is 1.19 bits per heavy atom. The summed E-state index contributed by atoms with van der Waals surface area (Å²) in [6.07, 6.45) is 0. The van der Waals surface area contributed by atoms with Gasteiger partial charge < -0.3 is 4.57 Å². The minimum absolute atomic E-state index is 0.137. The highest BCUT2D eigenvalue weighted by Crippen LogP contribution is 2.30. The van der Waals surface area contributed by atoms with Crippen LogP contribution in [0.3, 0.4) is 0 Å². The Morgan fingerprint density at radius 3 is 2.62 bits per heavy atom. The summed E-state index contributed by atoms with van der Waals surface area (Å²) in [7, 11) is 0. The van der Waals surface area contributed by atoms with E-state index in [1.807, 2.05) is 24.5 Å². The summed E-state index contributed by atoms with van der Waals surface area (Å²) in [5, 5.41) is 9.00. The van der Waals surface area contributed by atoms with E-state index in [1.54, 1.807) is 30.3 Å². The van der Waals surface area contributed by atoms with Crippen molar-refractivity contribution in [3.05, 3.63) is 53.8 Å². The molecule has 3 rings (SSSR count). The fourth-order valence-electron chi connectivity index (χ4n) is 2.52. The minimum Gasteiger partial charge on any atom is -0.321 e. The van der Waals surface area contributed by atoms with Crippen LogP contribution in [0.15, 0.2) is 42.5 Å². The van der Waals surface area contributed by atoms with Gasteiger partial charge in [-0.2, -0.15) is 5.26 Å². The molecule has 2 aromatic carbocycles. The van der Waals surface area contributed by atoms with Crippen LogP contribution in [0.5, 0.6) is 0 Å². The van der Waals surface area contributed by atoms with Crippen LogP contribution in [0.25, 0.3) is 22.4 Å². The highest BCUT2D eigenvalue weighted by molar-refractivity contribution is 5.82. The molecule has 0 aliphatic rings. The molecule has 4 heteroatoms. The fraction of sp³-hybridized carbons (Fsp3) is 0.176. The summed E-state index contributed by atoms with van der Waals surface area (Å²) < 4.78 is 16.1. The number of fused-ring (bicyclic) bond motifs is 1. The largest absolute Gasteiger partial charge is 0.321 e. The van der Waals surface area contributed by atoms with Crippen molar-refractivity contribution < 1.29 is 4.39 Å². The number of hydrogen-bond donors (Lipinski definition) is 0. The van der Waals surface area contributed by atoms with Crippen LogP contribution in [0.1, 0.15) is 25.5 Å². The first kappa shape index (κ1) is 13.3. The molecule has 0 saturated carbocycles. The molecule has 1 aromatic heterocycles. The van der Waals surface area contributed by atoms with Crippen LogP contribution >= 0.6 is 0 Å². The zero-order chi connectivity index (χ0) is 15.0. The second-order valence-electron chi connectivity index (χ2n) is 5.19. The van der Waals surface area contributed by atoms with Gasteiger partial charge in [-0.25, -0.2) is 9.37 Å². The lowest BCUT2D eigenvalue weighted by Gasteiger charge is -2.13. The van der Waals surface area contributed by atoms with Crippen molar-refractivity contribution in [2.24, 2.45) is 0 Å². The molecule has 0 aliphatic carbocycles. The Morgan fingerprint density at radius 2 is 1.95 bits per heavy atom. The van der Waals surface area contributed by atoms with E-state index in [0.29, 0.717) is 22.5 Å². The van der Waals surface area contributed by atoms with Crippen LogP contribution in [0, 0.1) is 17.1 Å². The number of aromatic nitrogens is 2. The highest BCUT2D eigenvalue weighted by atomic mass is 19.1. The third-order valence-corrected chi connectivity index (χ3v) is 3.45. The molecule has 1 heterocycles. The van der Waals surface area contributed by atoms with Crippen LogP contribution < -0.4 is 0 Å². The minimum atomic E-state index is -0.296. The molecule has 0 saturated heterocycles. The van der Waals surface area contributed by atoms with Gasteiger partial charge in [0.1, 0.15) is 11.6 Å². The highest BCUT2D eigenvalue weighted by Gasteiger charge is 2.17. The SMILES string of the molecule is CC(C)n1c(-c2ccccc2F)nc2cc(C#N)ccc21. The normalized spacial score (nSPS) is 11.0. The first-order valence-corrected chi connectivity index (χ1v) is 6.79. The topological polar surface area (TPSA) is 41.6 Å². The van der Waals surface area contributed by atoms with E-state index in [2.05, 4.69) is 11.1 Å². The number of benzene rings is 2. The summed E-state index contributed by atoms with van der Waals surface area (Å²) in [4.78, 5) is 4.55. The van der Waals surface area contributed by atoms with E-state index < -0.39 is 0 Å². The zero-order valence-electron chi connectivity index (χ0n) is 11.8. The average molecular weight is 279 g/mol. The molecule has 0 aliphatic heterocycles. The molecular formula is C17H14FN3. The van der Waals surface area contributed by atoms with Crippen molar-refractivity contribution >= 4 is 11.0 Å². The van der Waals surface area contributed by atoms with E-state index in [4.69, 9.17) is 5.26 Å². The third kappa shape index (κ3) is 2.17. The molecule has 3 nitrogen and oxygen atoms in total. The van der Waals surface area contributed by atoms with Crippen molar-refractivity contribution in [1.82, 2.24) is 9.55 Å². The number of imidazole rings is 1. The van der Waals surface area contributed by atoms with Gasteiger partial charge in [-0.3, -0.25) is 0 Å². The molecule has 0 fully saturated rings. The van der Waals surface area contributed by atoms with Crippen LogP contribution in [-0.4, -0.2) is 9.55 Å². The number of nitrogens with zero attached hydrogens (tertiary/aromatic N) is 3. The summed E-state index contributed by atoms with van der Waals surface area (Å²) >= 11 is 0. The van der Waals surface area contributed by atoms with Gasteiger partial charge >= 0.3 is 0 Å². The Hall–Kier alpha value is -2.67. The monoisotopic (exact) mass is 279 g/mol. The van der Waals surface area contributed by atoms with Crippen LogP contribution in [-0.2, 0) is 0 Å². The lowest BCUT2D eigenvalue weighted by atomic mass is 10.2. The average Bonchev–Trinajstić information content (AvgIpc) is 2.85. The Bertz CT molecular complexity index is 856. The smallest absolute Gasteiger partial charge is 0.144 e. The van der Waals surface area contributed by atoms with Gasteiger partial charge in [0.15, 0.2) is 0 Å². The number of nitriles is 1. The molecular weight excluding hydrogens is 265 g/mol. The maximum Gasteiger partial charge on any atom is 0.144 e. The van der Waals surface area contributed by atoms with Gasteiger partial charge in [0, 0.05) is 6.04 Å². The second-order valence-corrected chi connectivity index (χ2v) is 5.19. The molecule has 104 valence electrons. The van der Waals surface area contributed by atoms with Crippen molar-refractivity contribution in [3.8, 4) is 17.5 Å². The van der Waals surface area contributed by atoms with Crippen LogP contribution in [0.4, 0.5) is 4.39 Å². The maximum absolute atomic E-state index is 14.1. The number of halogens is 1. The van der Waals surface area contributed by atoms with E-state index in [9.17, 15) is 4.39 Å². The number of hydrogen-bond acceptors (Lipinski definition) is 2. The zero-order valence-corrected chi connectivity index (χ0v) is 11.8. The third-order valence-electron chi connectivity index (χ3n) is 3.45. The van der Waals surface area contributed by atoms with E-state index >= 15 is 0 Å². The van der Waals surface area contributed by atoms with Crippen molar-refractivity contribution in [2.75, 3.05) is 0 Å². The van der Waals surface area contributed by atoms with Crippen LogP contribution in [0.2, 0.25) is 0 Å². The number of rotatable bonds is 2. The maximum atomic E-state index is 14.1. The van der Waals surface area contributed by atoms with Gasteiger partial charge in [0.05, 0.1) is 28.2 Å². The van der Waals surface area contributed by atoms with Gasteiger partial charge in [-0.15, -0.1) is 0 Å². The molecule has 0 atom stereocenters. The molecule has 3 aromatic rings. The van der Waals surface area contributed by atoms with Gasteiger partial charge in [0.2, 0.25) is 0 Å². The Balaban J connectivity index is 2.35. The molecule has 0 amide bonds. The second kappa shape index (κ2) is 5.02. The van der Waals surface area contributed by atoms with Crippen molar-refractivity contribution in [3.63, 3.8) is 0 Å². The molecule has 21 heavy (non-hydrogen) atoms. The predicted molar refractivity (Wildman–Crippen MR) is 80.2 cm³/mol. The Kier molecular flexibility index (Phi) is 3.19. The summed E-state index contributed by atoms with van der Waals surface area (Å²) in [6, 6.07) is 14.2. The first-order valence-electron chi connectivity index (χ1n) is 6.79. The summed E-state index contributed by atoms with van der Waals surface area (Å²) in [6.45, 7) is 4.06. The lowest BCUT2D eigenvalue weighted by molar-refractivity contribution is 0.607. The standard InChI is InChI=1S/C17H14FN3/c1-11(2)21-16-8-7-12(10-19)9-15(16)20-17(21)13-5-3-4-6-14(13)18/h3-9,11H,1-2H3. The lowest BCUT2D eigenvalue weighted by Crippen LogP contribution is -2.04.